The first-order chi connectivity index (χ1) is 20.7. The molecule has 0 amide bonds. The van der Waals surface area contributed by atoms with Crippen molar-refractivity contribution in [1.82, 2.24) is 4.98 Å². The van der Waals surface area contributed by atoms with E-state index in [9.17, 15) is 0 Å². The van der Waals surface area contributed by atoms with Crippen molar-refractivity contribution >= 4 is 17.1 Å². The summed E-state index contributed by atoms with van der Waals surface area (Å²) >= 11 is 0. The van der Waals surface area contributed by atoms with Crippen LogP contribution >= 0.6 is 0 Å². The van der Waals surface area contributed by atoms with Gasteiger partial charge in [-0.05, 0) is 68.0 Å². The monoisotopic (exact) mass is 582 g/mol. The summed E-state index contributed by atoms with van der Waals surface area (Å²) in [6.45, 7) is 28.6. The van der Waals surface area contributed by atoms with Crippen molar-refractivity contribution in [3.8, 4) is 0 Å². The fourth-order valence-corrected chi connectivity index (χ4v) is 4.55. The van der Waals surface area contributed by atoms with Crippen LogP contribution in [0.5, 0.6) is 0 Å². The van der Waals surface area contributed by atoms with E-state index in [0.717, 1.165) is 61.0 Å². The van der Waals surface area contributed by atoms with Gasteiger partial charge in [-0.1, -0.05) is 103 Å². The van der Waals surface area contributed by atoms with Crippen LogP contribution in [0.1, 0.15) is 77.6 Å². The summed E-state index contributed by atoms with van der Waals surface area (Å²) in [6, 6.07) is 21.3. The standard InChI is InChI=1S/C21H26N4.C10H14.C6H12.C2H6/c1-5-16(2)25-15-17(3)24(13-11-18-8-6-7-12-23-18)20-10-9-19(22-4)14-21(20)25;1-3-4-10-7-5-9(2)6-8-10;1-4-5-6(2)3;1-2/h6-10,12,14,22H,2-3,5,11,13,15H2,1,4H3;5-8H,3-4H2,1-2H3;4,6H,1,5H2,2-3H3;1-2H3. The molecule has 1 aliphatic rings. The summed E-state index contributed by atoms with van der Waals surface area (Å²) in [5.41, 5.74) is 9.57. The number of allylic oxidation sites excluding steroid dienone is 2. The molecular formula is C39H58N4. The molecule has 0 atom stereocenters. The first-order valence-electron chi connectivity index (χ1n) is 16.0. The predicted octanol–water partition coefficient (Wildman–Crippen LogP) is 10.6. The van der Waals surface area contributed by atoms with Crippen LogP contribution in [0.4, 0.5) is 17.1 Å². The Bertz CT molecular complexity index is 1210. The Balaban J connectivity index is 0.000000422. The summed E-state index contributed by atoms with van der Waals surface area (Å²) in [6.07, 6.45) is 9.20. The van der Waals surface area contributed by atoms with Crippen LogP contribution in [0.3, 0.4) is 0 Å². The zero-order valence-corrected chi connectivity index (χ0v) is 28.4. The number of nitrogens with zero attached hydrogens (tertiary/aromatic N) is 3. The minimum Gasteiger partial charge on any atom is -0.388 e. The Morgan fingerprint density at radius 1 is 1.00 bits per heavy atom. The van der Waals surface area contributed by atoms with Crippen LogP contribution < -0.4 is 15.1 Å². The van der Waals surface area contributed by atoms with Crippen LogP contribution in [-0.4, -0.2) is 25.1 Å². The molecule has 4 nitrogen and oxygen atoms in total. The topological polar surface area (TPSA) is 31.4 Å². The number of fused-ring (bicyclic) bond motifs is 1. The lowest BCUT2D eigenvalue weighted by Gasteiger charge is -2.41. The molecule has 0 radical (unpaired) electrons. The molecule has 1 aliphatic heterocycles. The number of nitrogens with one attached hydrogen (secondary N) is 1. The van der Waals surface area contributed by atoms with Gasteiger partial charge < -0.3 is 15.1 Å². The van der Waals surface area contributed by atoms with Crippen molar-refractivity contribution in [2.24, 2.45) is 5.92 Å². The van der Waals surface area contributed by atoms with E-state index in [1.54, 1.807) is 0 Å². The van der Waals surface area contributed by atoms with E-state index >= 15 is 0 Å². The SMILES string of the molecule is C=C1CN(C(=C)CC)c2cc(NC)ccc2N1CCc1ccccn1.C=CCC(C)C.CC.CCCc1ccc(C)cc1. The Kier molecular flexibility index (Phi) is 18.2. The number of pyridine rings is 1. The Hall–Kier alpha value is -3.79. The second kappa shape index (κ2) is 21.0. The van der Waals surface area contributed by atoms with E-state index in [1.807, 2.05) is 45.3 Å². The summed E-state index contributed by atoms with van der Waals surface area (Å²) in [7, 11) is 1.95. The number of aromatic nitrogens is 1. The van der Waals surface area contributed by atoms with Crippen LogP contribution in [0.15, 0.2) is 104 Å². The van der Waals surface area contributed by atoms with Gasteiger partial charge in [0.05, 0.1) is 17.9 Å². The molecule has 0 aliphatic carbocycles. The minimum absolute atomic E-state index is 0.773. The average molecular weight is 583 g/mol. The van der Waals surface area contributed by atoms with E-state index in [-0.39, 0.29) is 0 Å². The molecular weight excluding hydrogens is 524 g/mol. The van der Waals surface area contributed by atoms with Gasteiger partial charge in [0, 0.05) is 49.0 Å². The molecule has 3 aromatic rings. The van der Waals surface area contributed by atoms with Crippen LogP contribution in [0.25, 0.3) is 0 Å². The fraction of sp³-hybridized carbons (Fsp3) is 0.410. The van der Waals surface area contributed by atoms with Gasteiger partial charge >= 0.3 is 0 Å². The molecule has 234 valence electrons. The van der Waals surface area contributed by atoms with Crippen molar-refractivity contribution in [1.29, 1.82) is 0 Å². The molecule has 0 bridgehead atoms. The zero-order valence-electron chi connectivity index (χ0n) is 28.4. The third kappa shape index (κ3) is 12.9. The maximum absolute atomic E-state index is 4.44. The summed E-state index contributed by atoms with van der Waals surface area (Å²) in [4.78, 5) is 9.02. The lowest BCUT2D eigenvalue weighted by atomic mass is 10.1. The normalized spacial score (nSPS) is 11.6. The highest BCUT2D eigenvalue weighted by Crippen LogP contribution is 2.40. The summed E-state index contributed by atoms with van der Waals surface area (Å²) in [5.74, 6) is 0.780. The highest BCUT2D eigenvalue weighted by atomic mass is 15.3. The number of hydrogen-bond acceptors (Lipinski definition) is 4. The van der Waals surface area contributed by atoms with Crippen LogP contribution in [0.2, 0.25) is 0 Å². The molecule has 2 heterocycles. The van der Waals surface area contributed by atoms with Crippen molar-refractivity contribution in [3.63, 3.8) is 0 Å². The third-order valence-corrected chi connectivity index (χ3v) is 6.97. The Morgan fingerprint density at radius 2 is 1.70 bits per heavy atom. The fourth-order valence-electron chi connectivity index (χ4n) is 4.55. The molecule has 2 aromatic carbocycles. The highest BCUT2D eigenvalue weighted by Gasteiger charge is 2.26. The van der Waals surface area contributed by atoms with Gasteiger partial charge in [0.2, 0.25) is 0 Å². The van der Waals surface area contributed by atoms with Crippen LogP contribution in [-0.2, 0) is 12.8 Å². The number of rotatable bonds is 10. The van der Waals surface area contributed by atoms with Gasteiger partial charge in [0.25, 0.3) is 0 Å². The zero-order chi connectivity index (χ0) is 32.2. The largest absolute Gasteiger partial charge is 0.388 e. The van der Waals surface area contributed by atoms with E-state index < -0.39 is 0 Å². The lowest BCUT2D eigenvalue weighted by Crippen LogP contribution is -2.39. The molecule has 0 unspecified atom stereocenters. The molecule has 1 aromatic heterocycles. The number of anilines is 3. The summed E-state index contributed by atoms with van der Waals surface area (Å²) in [5, 5.41) is 3.23. The molecule has 0 fully saturated rings. The van der Waals surface area contributed by atoms with Crippen molar-refractivity contribution in [3.05, 3.63) is 121 Å². The van der Waals surface area contributed by atoms with Crippen molar-refractivity contribution < 1.29 is 0 Å². The maximum Gasteiger partial charge on any atom is 0.0673 e. The molecule has 4 heteroatoms. The number of hydrogen-bond donors (Lipinski definition) is 1. The van der Waals surface area contributed by atoms with Crippen molar-refractivity contribution in [2.45, 2.75) is 80.6 Å². The van der Waals surface area contributed by atoms with Gasteiger partial charge in [0.1, 0.15) is 0 Å². The lowest BCUT2D eigenvalue weighted by molar-refractivity contribution is 0.664. The molecule has 4 rings (SSSR count). The molecule has 0 spiro atoms. The highest BCUT2D eigenvalue weighted by molar-refractivity contribution is 5.81. The molecule has 43 heavy (non-hydrogen) atoms. The van der Waals surface area contributed by atoms with Crippen molar-refractivity contribution in [2.75, 3.05) is 35.3 Å². The predicted molar refractivity (Wildman–Crippen MR) is 193 cm³/mol. The quantitative estimate of drug-likeness (QED) is 0.241. The van der Waals surface area contributed by atoms with Gasteiger partial charge in [-0.3, -0.25) is 4.98 Å². The smallest absolute Gasteiger partial charge is 0.0673 e. The average Bonchev–Trinajstić information content (AvgIpc) is 3.03. The van der Waals surface area contributed by atoms with Gasteiger partial charge in [0.15, 0.2) is 0 Å². The number of aryl methyl sites for hydroxylation is 2. The first kappa shape index (κ1) is 37.2. The molecule has 0 saturated heterocycles. The first-order valence-corrected chi connectivity index (χ1v) is 16.0. The minimum atomic E-state index is 0.773. The summed E-state index contributed by atoms with van der Waals surface area (Å²) < 4.78 is 0. The van der Waals surface area contributed by atoms with Crippen LogP contribution in [0, 0.1) is 12.8 Å². The Morgan fingerprint density at radius 3 is 2.21 bits per heavy atom. The Labute approximate surface area is 264 Å². The molecule has 0 saturated carbocycles. The van der Waals surface area contributed by atoms with E-state index in [1.165, 1.54) is 35.3 Å². The number of benzene rings is 2. The maximum atomic E-state index is 4.44. The molecule has 1 N–H and O–H groups in total. The second-order valence-electron chi connectivity index (χ2n) is 10.9. The third-order valence-electron chi connectivity index (χ3n) is 6.97. The van der Waals surface area contributed by atoms with Gasteiger partial charge in [-0.15, -0.1) is 6.58 Å². The van der Waals surface area contributed by atoms with Gasteiger partial charge in [-0.2, -0.15) is 0 Å². The van der Waals surface area contributed by atoms with E-state index in [2.05, 4.69) is 123 Å². The second-order valence-corrected chi connectivity index (χ2v) is 10.9. The van der Waals surface area contributed by atoms with Gasteiger partial charge in [-0.25, -0.2) is 0 Å². The van der Waals surface area contributed by atoms with E-state index in [4.69, 9.17) is 0 Å². The van der Waals surface area contributed by atoms with E-state index in [0.29, 0.717) is 0 Å².